The quantitative estimate of drug-likeness (QED) is 0.474. The van der Waals surface area contributed by atoms with Gasteiger partial charge in [0.1, 0.15) is 5.75 Å². The molecule has 0 unspecified atom stereocenters. The zero-order valence-electron chi connectivity index (χ0n) is 10.5. The number of benzene rings is 1. The van der Waals surface area contributed by atoms with Gasteiger partial charge in [0.2, 0.25) is 0 Å². The molecule has 0 radical (unpaired) electrons. The lowest BCUT2D eigenvalue weighted by molar-refractivity contribution is 0.0217. The summed E-state index contributed by atoms with van der Waals surface area (Å²) in [5, 5.41) is 0. The standard InChI is InChI=1S/C13H21NO2/c1-5-15-8-16-13-6-10(4)12(14)7-11(13)9(2)3/h6-7,9H,5,8,14H2,1-4H3. The molecule has 2 N–H and O–H groups in total. The Morgan fingerprint density at radius 2 is 2.00 bits per heavy atom. The van der Waals surface area contributed by atoms with Crippen molar-refractivity contribution in [3.8, 4) is 5.75 Å². The first-order chi connectivity index (χ1) is 7.56. The molecule has 1 aromatic carbocycles. The molecular formula is C13H21NO2. The molecule has 0 saturated carbocycles. The van der Waals surface area contributed by atoms with Gasteiger partial charge >= 0.3 is 0 Å². The molecule has 0 fully saturated rings. The largest absolute Gasteiger partial charge is 0.467 e. The molecule has 0 aromatic heterocycles. The van der Waals surface area contributed by atoms with Gasteiger partial charge in [-0.15, -0.1) is 0 Å². The Labute approximate surface area is 97.6 Å². The number of hydrogen-bond acceptors (Lipinski definition) is 3. The summed E-state index contributed by atoms with van der Waals surface area (Å²) in [6.07, 6.45) is 0. The second-order valence-corrected chi connectivity index (χ2v) is 4.16. The highest BCUT2D eigenvalue weighted by Crippen LogP contribution is 2.30. The van der Waals surface area contributed by atoms with Crippen LogP contribution in [0.15, 0.2) is 12.1 Å². The molecular weight excluding hydrogens is 202 g/mol. The van der Waals surface area contributed by atoms with Crippen LogP contribution in [0.25, 0.3) is 0 Å². The number of ether oxygens (including phenoxy) is 2. The van der Waals surface area contributed by atoms with E-state index in [2.05, 4.69) is 13.8 Å². The lowest BCUT2D eigenvalue weighted by Crippen LogP contribution is -2.06. The van der Waals surface area contributed by atoms with E-state index in [1.54, 1.807) is 0 Å². The van der Waals surface area contributed by atoms with E-state index in [0.717, 1.165) is 22.6 Å². The van der Waals surface area contributed by atoms with E-state index in [0.29, 0.717) is 19.3 Å². The Hall–Kier alpha value is -1.22. The fourth-order valence-electron chi connectivity index (χ4n) is 1.48. The predicted molar refractivity (Wildman–Crippen MR) is 66.8 cm³/mol. The molecule has 0 heterocycles. The van der Waals surface area contributed by atoms with Crippen LogP contribution >= 0.6 is 0 Å². The van der Waals surface area contributed by atoms with Crippen molar-refractivity contribution in [1.82, 2.24) is 0 Å². The third kappa shape index (κ3) is 3.14. The highest BCUT2D eigenvalue weighted by atomic mass is 16.7. The summed E-state index contributed by atoms with van der Waals surface area (Å²) in [7, 11) is 0. The molecule has 0 atom stereocenters. The Kier molecular flexibility index (Phi) is 4.62. The van der Waals surface area contributed by atoms with Gasteiger partial charge in [-0.25, -0.2) is 0 Å². The van der Waals surface area contributed by atoms with Crippen LogP contribution in [0.2, 0.25) is 0 Å². The van der Waals surface area contributed by atoms with Gasteiger partial charge in [0, 0.05) is 12.3 Å². The van der Waals surface area contributed by atoms with Crippen LogP contribution in [0.3, 0.4) is 0 Å². The van der Waals surface area contributed by atoms with Gasteiger partial charge in [-0.3, -0.25) is 0 Å². The molecule has 0 amide bonds. The normalized spacial score (nSPS) is 10.8. The summed E-state index contributed by atoms with van der Waals surface area (Å²) < 4.78 is 10.8. The van der Waals surface area contributed by atoms with Crippen LogP contribution in [0.1, 0.15) is 37.8 Å². The summed E-state index contributed by atoms with van der Waals surface area (Å²) in [5.41, 5.74) is 8.87. The van der Waals surface area contributed by atoms with Crippen LogP contribution in [-0.4, -0.2) is 13.4 Å². The van der Waals surface area contributed by atoms with Crippen molar-refractivity contribution in [3.05, 3.63) is 23.3 Å². The number of nitrogens with two attached hydrogens (primary N) is 1. The van der Waals surface area contributed by atoms with E-state index >= 15 is 0 Å². The van der Waals surface area contributed by atoms with Gasteiger partial charge in [0.25, 0.3) is 0 Å². The first-order valence-electron chi connectivity index (χ1n) is 5.66. The summed E-state index contributed by atoms with van der Waals surface area (Å²) in [6.45, 7) is 9.12. The van der Waals surface area contributed by atoms with Gasteiger partial charge in [-0.1, -0.05) is 13.8 Å². The maximum atomic E-state index is 5.90. The second kappa shape index (κ2) is 5.75. The van der Waals surface area contributed by atoms with Crippen molar-refractivity contribution in [2.24, 2.45) is 0 Å². The van der Waals surface area contributed by atoms with Crippen LogP contribution in [-0.2, 0) is 4.74 Å². The van der Waals surface area contributed by atoms with E-state index in [9.17, 15) is 0 Å². The SMILES string of the molecule is CCOCOc1cc(C)c(N)cc1C(C)C. The minimum atomic E-state index is 0.291. The van der Waals surface area contributed by atoms with Crippen LogP contribution in [0.4, 0.5) is 5.69 Å². The van der Waals surface area contributed by atoms with E-state index in [1.807, 2.05) is 26.0 Å². The lowest BCUT2D eigenvalue weighted by Gasteiger charge is -2.16. The molecule has 0 spiro atoms. The summed E-state index contributed by atoms with van der Waals surface area (Å²) >= 11 is 0. The predicted octanol–water partition coefficient (Wildman–Crippen LogP) is 3.07. The number of nitrogen functional groups attached to an aromatic ring is 1. The van der Waals surface area contributed by atoms with Gasteiger partial charge in [-0.05, 0) is 43.0 Å². The molecule has 1 rings (SSSR count). The van der Waals surface area contributed by atoms with Crippen LogP contribution in [0.5, 0.6) is 5.75 Å². The average Bonchev–Trinajstić information content (AvgIpc) is 2.23. The van der Waals surface area contributed by atoms with Crippen molar-refractivity contribution in [1.29, 1.82) is 0 Å². The maximum Gasteiger partial charge on any atom is 0.189 e. The number of aryl methyl sites for hydroxylation is 1. The Bertz CT molecular complexity index is 348. The average molecular weight is 223 g/mol. The van der Waals surface area contributed by atoms with Crippen molar-refractivity contribution in [3.63, 3.8) is 0 Å². The van der Waals surface area contributed by atoms with E-state index in [4.69, 9.17) is 15.2 Å². The molecule has 0 aliphatic heterocycles. The van der Waals surface area contributed by atoms with E-state index < -0.39 is 0 Å². The first-order valence-corrected chi connectivity index (χ1v) is 5.66. The maximum absolute atomic E-state index is 5.90. The third-order valence-electron chi connectivity index (χ3n) is 2.52. The zero-order chi connectivity index (χ0) is 12.1. The van der Waals surface area contributed by atoms with Crippen molar-refractivity contribution in [2.45, 2.75) is 33.6 Å². The van der Waals surface area contributed by atoms with Crippen LogP contribution in [0, 0.1) is 6.92 Å². The molecule has 90 valence electrons. The summed E-state index contributed by atoms with van der Waals surface area (Å²) in [4.78, 5) is 0. The minimum Gasteiger partial charge on any atom is -0.467 e. The monoisotopic (exact) mass is 223 g/mol. The van der Waals surface area contributed by atoms with Crippen molar-refractivity contribution in [2.75, 3.05) is 19.1 Å². The molecule has 1 aromatic rings. The fraction of sp³-hybridized carbons (Fsp3) is 0.538. The molecule has 0 saturated heterocycles. The zero-order valence-corrected chi connectivity index (χ0v) is 10.5. The van der Waals surface area contributed by atoms with Gasteiger partial charge in [-0.2, -0.15) is 0 Å². The number of anilines is 1. The van der Waals surface area contributed by atoms with E-state index in [-0.39, 0.29) is 0 Å². The van der Waals surface area contributed by atoms with Crippen molar-refractivity contribution < 1.29 is 9.47 Å². The minimum absolute atomic E-state index is 0.291. The molecule has 3 nitrogen and oxygen atoms in total. The Morgan fingerprint density at radius 3 is 2.56 bits per heavy atom. The topological polar surface area (TPSA) is 44.5 Å². The first kappa shape index (κ1) is 12.8. The molecule has 3 heteroatoms. The highest BCUT2D eigenvalue weighted by molar-refractivity contribution is 5.54. The second-order valence-electron chi connectivity index (χ2n) is 4.16. The fourth-order valence-corrected chi connectivity index (χ4v) is 1.48. The highest BCUT2D eigenvalue weighted by Gasteiger charge is 2.10. The third-order valence-corrected chi connectivity index (χ3v) is 2.52. The van der Waals surface area contributed by atoms with Crippen molar-refractivity contribution >= 4 is 5.69 Å². The van der Waals surface area contributed by atoms with E-state index in [1.165, 1.54) is 0 Å². The number of hydrogen-bond donors (Lipinski definition) is 1. The number of rotatable bonds is 5. The van der Waals surface area contributed by atoms with Crippen LogP contribution < -0.4 is 10.5 Å². The molecule has 0 aliphatic carbocycles. The molecule has 0 bridgehead atoms. The van der Waals surface area contributed by atoms with Gasteiger partial charge in [0.15, 0.2) is 6.79 Å². The summed E-state index contributed by atoms with van der Waals surface area (Å²) in [6, 6.07) is 3.96. The van der Waals surface area contributed by atoms with Gasteiger partial charge < -0.3 is 15.2 Å². The summed E-state index contributed by atoms with van der Waals surface area (Å²) in [5.74, 6) is 1.26. The molecule has 0 aliphatic rings. The molecule has 16 heavy (non-hydrogen) atoms. The Morgan fingerprint density at radius 1 is 1.31 bits per heavy atom. The Balaban J connectivity index is 2.91. The van der Waals surface area contributed by atoms with Gasteiger partial charge in [0.05, 0.1) is 0 Å². The lowest BCUT2D eigenvalue weighted by atomic mass is 9.99. The smallest absolute Gasteiger partial charge is 0.189 e.